The van der Waals surface area contributed by atoms with Crippen LogP contribution in [0.15, 0.2) is 36.9 Å². The lowest BCUT2D eigenvalue weighted by Gasteiger charge is -2.06. The zero-order valence-corrected chi connectivity index (χ0v) is 10.2. The third-order valence-electron chi connectivity index (χ3n) is 2.87. The topological polar surface area (TPSA) is 43.0 Å². The van der Waals surface area contributed by atoms with Crippen LogP contribution in [0.25, 0.3) is 0 Å². The second kappa shape index (κ2) is 5.68. The van der Waals surface area contributed by atoms with Gasteiger partial charge in [0.1, 0.15) is 0 Å². The van der Waals surface area contributed by atoms with Crippen molar-refractivity contribution in [3.63, 3.8) is 0 Å². The summed E-state index contributed by atoms with van der Waals surface area (Å²) in [5.74, 6) is 0. The van der Waals surface area contributed by atoms with Crippen LogP contribution in [-0.4, -0.2) is 19.5 Å². The third kappa shape index (κ3) is 3.20. The van der Waals surface area contributed by atoms with Gasteiger partial charge in [-0.2, -0.15) is 5.10 Å². The van der Waals surface area contributed by atoms with Crippen LogP contribution in [0.4, 0.5) is 0 Å². The van der Waals surface area contributed by atoms with Crippen LogP contribution in [0, 0.1) is 0 Å². The van der Waals surface area contributed by atoms with Gasteiger partial charge in [0.25, 0.3) is 0 Å². The molecule has 0 bridgehead atoms. The molecule has 92 valence electrons. The molecule has 2 heterocycles. The van der Waals surface area contributed by atoms with Gasteiger partial charge in [0.2, 0.25) is 0 Å². The van der Waals surface area contributed by atoms with E-state index in [1.54, 1.807) is 6.20 Å². The van der Waals surface area contributed by atoms with E-state index in [1.165, 1.54) is 0 Å². The zero-order valence-electron chi connectivity index (χ0n) is 10.2. The fraction of sp³-hybridized carbons (Fsp3) is 0.462. The van der Waals surface area contributed by atoms with Gasteiger partial charge in [0.05, 0.1) is 12.6 Å². The molecule has 2 aromatic rings. The Labute approximate surface area is 101 Å². The number of aromatic nitrogens is 3. The lowest BCUT2D eigenvalue weighted by molar-refractivity contribution is 0.166. The van der Waals surface area contributed by atoms with Crippen molar-refractivity contribution in [2.24, 2.45) is 0 Å². The highest BCUT2D eigenvalue weighted by Gasteiger charge is 2.07. The van der Waals surface area contributed by atoms with E-state index in [9.17, 15) is 5.11 Å². The van der Waals surface area contributed by atoms with E-state index in [1.807, 2.05) is 35.4 Å². The number of aryl methyl sites for hydroxylation is 2. The summed E-state index contributed by atoms with van der Waals surface area (Å²) in [5.41, 5.74) is 1.01. The van der Waals surface area contributed by atoms with Crippen molar-refractivity contribution in [1.29, 1.82) is 0 Å². The van der Waals surface area contributed by atoms with Crippen LogP contribution in [-0.2, 0) is 13.1 Å². The summed E-state index contributed by atoms with van der Waals surface area (Å²) in [7, 11) is 0. The van der Waals surface area contributed by atoms with E-state index in [0.29, 0.717) is 0 Å². The van der Waals surface area contributed by atoms with Crippen LogP contribution >= 0.6 is 0 Å². The van der Waals surface area contributed by atoms with Crippen LogP contribution in [0.2, 0.25) is 0 Å². The molecule has 1 atom stereocenters. The maximum absolute atomic E-state index is 9.86. The molecule has 0 aliphatic heterocycles. The van der Waals surface area contributed by atoms with Crippen LogP contribution in [0.5, 0.6) is 0 Å². The molecule has 17 heavy (non-hydrogen) atoms. The minimum atomic E-state index is -0.328. The summed E-state index contributed by atoms with van der Waals surface area (Å²) in [6, 6.07) is 3.91. The van der Waals surface area contributed by atoms with Crippen molar-refractivity contribution in [2.75, 3.05) is 0 Å². The summed E-state index contributed by atoms with van der Waals surface area (Å²) >= 11 is 0. The van der Waals surface area contributed by atoms with E-state index in [0.717, 1.165) is 31.5 Å². The van der Waals surface area contributed by atoms with Gasteiger partial charge in [0, 0.05) is 31.3 Å². The Kier molecular flexibility index (Phi) is 3.98. The smallest absolute Gasteiger partial charge is 0.0804 e. The number of aliphatic hydroxyl groups excluding tert-OH is 1. The Morgan fingerprint density at radius 2 is 2.24 bits per heavy atom. The monoisotopic (exact) mass is 233 g/mol. The number of nitrogens with zero attached hydrogens (tertiary/aromatic N) is 3. The molecule has 0 radical (unpaired) electrons. The minimum Gasteiger partial charge on any atom is -0.388 e. The molecule has 0 amide bonds. The molecule has 4 heteroatoms. The molecule has 0 aliphatic carbocycles. The number of rotatable bonds is 6. The first-order valence-corrected chi connectivity index (χ1v) is 6.10. The second-order valence-corrected chi connectivity index (χ2v) is 4.26. The molecular weight excluding hydrogens is 214 g/mol. The van der Waals surface area contributed by atoms with Crippen LogP contribution < -0.4 is 0 Å². The zero-order chi connectivity index (χ0) is 12.1. The van der Waals surface area contributed by atoms with Gasteiger partial charge in [0.15, 0.2) is 0 Å². The molecular formula is C13H19N3O. The number of hydrogen-bond donors (Lipinski definition) is 1. The summed E-state index contributed by atoms with van der Waals surface area (Å²) in [6.45, 7) is 3.81. The third-order valence-corrected chi connectivity index (χ3v) is 2.87. The Morgan fingerprint density at radius 3 is 2.94 bits per heavy atom. The molecule has 0 aliphatic rings. The Bertz CT molecular complexity index is 433. The van der Waals surface area contributed by atoms with Crippen molar-refractivity contribution >= 4 is 0 Å². The fourth-order valence-corrected chi connectivity index (χ4v) is 1.89. The highest BCUT2D eigenvalue weighted by molar-refractivity contribution is 5.13. The van der Waals surface area contributed by atoms with Crippen molar-refractivity contribution in [1.82, 2.24) is 14.3 Å². The SMILES string of the molecule is CCCC(O)c1ccn(CCn2cccn2)c1. The van der Waals surface area contributed by atoms with Gasteiger partial charge >= 0.3 is 0 Å². The molecule has 0 fully saturated rings. The average Bonchev–Trinajstić information content (AvgIpc) is 2.98. The average molecular weight is 233 g/mol. The van der Waals surface area contributed by atoms with Crippen LogP contribution in [0.1, 0.15) is 31.4 Å². The fourth-order valence-electron chi connectivity index (χ4n) is 1.89. The van der Waals surface area contributed by atoms with Crippen molar-refractivity contribution in [3.8, 4) is 0 Å². The minimum absolute atomic E-state index is 0.328. The Hall–Kier alpha value is -1.55. The molecule has 0 spiro atoms. The summed E-state index contributed by atoms with van der Waals surface area (Å²) in [4.78, 5) is 0. The highest BCUT2D eigenvalue weighted by atomic mass is 16.3. The second-order valence-electron chi connectivity index (χ2n) is 4.26. The molecule has 0 saturated carbocycles. The van der Waals surface area contributed by atoms with Crippen LogP contribution in [0.3, 0.4) is 0 Å². The Morgan fingerprint density at radius 1 is 1.35 bits per heavy atom. The standard InChI is InChI=1S/C13H19N3O/c1-2-4-13(17)12-5-8-15(11-12)9-10-16-7-3-6-14-16/h3,5-8,11,13,17H,2,4,9-10H2,1H3. The lowest BCUT2D eigenvalue weighted by atomic mass is 10.1. The molecule has 0 saturated heterocycles. The first-order valence-electron chi connectivity index (χ1n) is 6.10. The molecule has 1 unspecified atom stereocenters. The van der Waals surface area contributed by atoms with Crippen molar-refractivity contribution in [3.05, 3.63) is 42.5 Å². The molecule has 1 N–H and O–H groups in total. The summed E-state index contributed by atoms with van der Waals surface area (Å²) in [5, 5.41) is 14.0. The van der Waals surface area contributed by atoms with Gasteiger partial charge < -0.3 is 9.67 Å². The van der Waals surface area contributed by atoms with Crippen molar-refractivity contribution < 1.29 is 5.11 Å². The predicted molar refractivity (Wildman–Crippen MR) is 66.5 cm³/mol. The predicted octanol–water partition coefficient (Wildman–Crippen LogP) is 2.22. The number of aliphatic hydroxyl groups is 1. The number of hydrogen-bond acceptors (Lipinski definition) is 2. The summed E-state index contributed by atoms with van der Waals surface area (Å²) in [6.07, 6.45) is 9.26. The normalized spacial score (nSPS) is 12.8. The largest absolute Gasteiger partial charge is 0.388 e. The van der Waals surface area contributed by atoms with Gasteiger partial charge in [-0.3, -0.25) is 4.68 Å². The lowest BCUT2D eigenvalue weighted by Crippen LogP contribution is -2.06. The van der Waals surface area contributed by atoms with Gasteiger partial charge in [-0.15, -0.1) is 0 Å². The molecule has 2 rings (SSSR count). The van der Waals surface area contributed by atoms with E-state index in [-0.39, 0.29) is 6.10 Å². The van der Waals surface area contributed by atoms with Gasteiger partial charge in [-0.25, -0.2) is 0 Å². The molecule has 4 nitrogen and oxygen atoms in total. The highest BCUT2D eigenvalue weighted by Crippen LogP contribution is 2.18. The van der Waals surface area contributed by atoms with E-state index in [2.05, 4.69) is 16.6 Å². The van der Waals surface area contributed by atoms with Gasteiger partial charge in [-0.05, 0) is 24.1 Å². The van der Waals surface area contributed by atoms with E-state index >= 15 is 0 Å². The maximum atomic E-state index is 9.86. The van der Waals surface area contributed by atoms with E-state index in [4.69, 9.17) is 0 Å². The quantitative estimate of drug-likeness (QED) is 0.831. The van der Waals surface area contributed by atoms with Crippen molar-refractivity contribution in [2.45, 2.75) is 39.0 Å². The first-order chi connectivity index (χ1) is 8.29. The summed E-state index contributed by atoms with van der Waals surface area (Å²) < 4.78 is 4.00. The van der Waals surface area contributed by atoms with E-state index < -0.39 is 0 Å². The molecule has 0 aromatic carbocycles. The van der Waals surface area contributed by atoms with Gasteiger partial charge in [-0.1, -0.05) is 13.3 Å². The Balaban J connectivity index is 1.89. The molecule has 2 aromatic heterocycles. The maximum Gasteiger partial charge on any atom is 0.0804 e. The first kappa shape index (κ1) is 11.9.